The van der Waals surface area contributed by atoms with E-state index >= 15 is 0 Å². The van der Waals surface area contributed by atoms with Gasteiger partial charge >= 0.3 is 6.18 Å². The maximum Gasteiger partial charge on any atom is 0.416 e. The number of rotatable bonds is 6. The zero-order valence-electron chi connectivity index (χ0n) is 18.0. The molecule has 0 spiro atoms. The second-order valence-electron chi connectivity index (χ2n) is 7.54. The van der Waals surface area contributed by atoms with E-state index in [0.29, 0.717) is 41.3 Å². The number of nitrogens with zero attached hydrogens (tertiary/aromatic N) is 2. The van der Waals surface area contributed by atoms with Crippen LogP contribution in [-0.4, -0.2) is 23.8 Å². The van der Waals surface area contributed by atoms with Gasteiger partial charge in [0.25, 0.3) is 0 Å². The van der Waals surface area contributed by atoms with Crippen molar-refractivity contribution in [1.82, 2.24) is 9.55 Å². The summed E-state index contributed by atoms with van der Waals surface area (Å²) < 4.78 is 52.4. The summed E-state index contributed by atoms with van der Waals surface area (Å²) in [5.74, 6) is 1.93. The molecule has 4 aromatic rings. The van der Waals surface area contributed by atoms with E-state index in [-0.39, 0.29) is 0 Å². The van der Waals surface area contributed by atoms with Crippen LogP contribution in [0.3, 0.4) is 0 Å². The minimum Gasteiger partial charge on any atom is -0.493 e. The molecule has 4 nitrogen and oxygen atoms in total. The van der Waals surface area contributed by atoms with Crippen molar-refractivity contribution in [2.75, 3.05) is 14.2 Å². The maximum atomic E-state index is 13.3. The molecule has 0 aliphatic carbocycles. The van der Waals surface area contributed by atoms with Gasteiger partial charge in [0, 0.05) is 12.1 Å². The Balaban J connectivity index is 1.78. The van der Waals surface area contributed by atoms with E-state index in [9.17, 15) is 13.2 Å². The van der Waals surface area contributed by atoms with Gasteiger partial charge < -0.3 is 14.0 Å². The van der Waals surface area contributed by atoms with E-state index in [2.05, 4.69) is 4.98 Å². The molecule has 0 bridgehead atoms. The summed E-state index contributed by atoms with van der Waals surface area (Å²) in [5, 5.41) is 0. The van der Waals surface area contributed by atoms with Crippen LogP contribution in [-0.2, 0) is 19.1 Å². The highest BCUT2D eigenvalue weighted by atomic mass is 19.4. The first-order valence-electron chi connectivity index (χ1n) is 10.2. The van der Waals surface area contributed by atoms with E-state index in [1.807, 2.05) is 54.0 Å². The van der Waals surface area contributed by atoms with Gasteiger partial charge in [-0.3, -0.25) is 0 Å². The summed E-state index contributed by atoms with van der Waals surface area (Å²) in [6.07, 6.45) is -3.77. The van der Waals surface area contributed by atoms with Crippen LogP contribution in [0, 0.1) is 6.92 Å². The number of imidazole rings is 1. The summed E-state index contributed by atoms with van der Waals surface area (Å²) >= 11 is 0. The number of aryl methyl sites for hydroxylation is 3. The van der Waals surface area contributed by atoms with Crippen molar-refractivity contribution >= 4 is 11.0 Å². The number of aromatic nitrogens is 2. The third kappa shape index (κ3) is 4.15. The van der Waals surface area contributed by atoms with Crippen molar-refractivity contribution in [3.63, 3.8) is 0 Å². The number of ether oxygens (including phenoxy) is 2. The lowest BCUT2D eigenvalue weighted by Gasteiger charge is -2.13. The zero-order chi connectivity index (χ0) is 22.9. The molecule has 0 N–H and O–H groups in total. The molecule has 0 saturated carbocycles. The van der Waals surface area contributed by atoms with Crippen LogP contribution >= 0.6 is 0 Å². The lowest BCUT2D eigenvalue weighted by molar-refractivity contribution is -0.137. The number of benzene rings is 3. The summed E-state index contributed by atoms with van der Waals surface area (Å²) in [4.78, 5) is 4.61. The van der Waals surface area contributed by atoms with E-state index in [0.717, 1.165) is 28.8 Å². The predicted octanol–water partition coefficient (Wildman–Crippen LogP) is 6.29. The molecule has 0 fully saturated rings. The smallest absolute Gasteiger partial charge is 0.416 e. The molecule has 0 unspecified atom stereocenters. The van der Waals surface area contributed by atoms with Crippen LogP contribution in [0.2, 0.25) is 0 Å². The summed E-state index contributed by atoms with van der Waals surface area (Å²) in [6.45, 7) is 2.51. The fourth-order valence-electron chi connectivity index (χ4n) is 3.84. The molecule has 0 saturated heterocycles. The molecule has 1 aromatic heterocycles. The monoisotopic (exact) mass is 440 g/mol. The van der Waals surface area contributed by atoms with E-state index < -0.39 is 11.7 Å². The third-order valence-corrected chi connectivity index (χ3v) is 5.53. The van der Waals surface area contributed by atoms with Crippen molar-refractivity contribution < 1.29 is 22.6 Å². The Morgan fingerprint density at radius 3 is 2.34 bits per heavy atom. The number of halogens is 3. The standard InChI is InChI=1S/C25H23F3N2O2/c1-16-6-4-5-7-19(16)24-29-20-15-18(25(26,27)28)9-10-21(20)30(24)13-12-17-8-11-22(31-2)23(14-17)32-3/h4-11,14-15H,12-13H2,1-3H3. The number of methoxy groups -OCH3 is 2. The molecular formula is C25H23F3N2O2. The number of fused-ring (bicyclic) bond motifs is 1. The Hall–Kier alpha value is -3.48. The van der Waals surface area contributed by atoms with E-state index in [1.165, 1.54) is 6.07 Å². The van der Waals surface area contributed by atoms with Gasteiger partial charge in [-0.15, -0.1) is 0 Å². The first-order chi connectivity index (χ1) is 15.3. The van der Waals surface area contributed by atoms with Crippen molar-refractivity contribution in [1.29, 1.82) is 0 Å². The van der Waals surface area contributed by atoms with Crippen molar-refractivity contribution in [2.24, 2.45) is 0 Å². The van der Waals surface area contributed by atoms with Gasteiger partial charge in [0.05, 0.1) is 30.8 Å². The van der Waals surface area contributed by atoms with Crippen LogP contribution in [0.15, 0.2) is 60.7 Å². The van der Waals surface area contributed by atoms with Gasteiger partial charge in [-0.25, -0.2) is 4.98 Å². The average Bonchev–Trinajstić information content (AvgIpc) is 3.14. The second kappa shape index (κ2) is 8.57. The molecule has 0 atom stereocenters. The molecule has 4 rings (SSSR count). The number of alkyl halides is 3. The molecule has 3 aromatic carbocycles. The Kier molecular flexibility index (Phi) is 5.82. The largest absolute Gasteiger partial charge is 0.493 e. The van der Waals surface area contributed by atoms with Gasteiger partial charge in [-0.2, -0.15) is 13.2 Å². The van der Waals surface area contributed by atoms with Crippen molar-refractivity contribution in [3.05, 3.63) is 77.4 Å². The highest BCUT2D eigenvalue weighted by Crippen LogP contribution is 2.34. The molecule has 0 amide bonds. The predicted molar refractivity (Wildman–Crippen MR) is 118 cm³/mol. The average molecular weight is 440 g/mol. The first kappa shape index (κ1) is 21.7. The first-order valence-corrected chi connectivity index (χ1v) is 10.2. The highest BCUT2D eigenvalue weighted by molar-refractivity contribution is 5.82. The van der Waals surface area contributed by atoms with Crippen LogP contribution in [0.1, 0.15) is 16.7 Å². The van der Waals surface area contributed by atoms with E-state index in [1.54, 1.807) is 14.2 Å². The Bertz CT molecular complexity index is 1260. The lowest BCUT2D eigenvalue weighted by atomic mass is 10.1. The van der Waals surface area contributed by atoms with Crippen LogP contribution in [0.4, 0.5) is 13.2 Å². The Morgan fingerprint density at radius 2 is 1.66 bits per heavy atom. The Morgan fingerprint density at radius 1 is 0.906 bits per heavy atom. The topological polar surface area (TPSA) is 36.3 Å². The summed E-state index contributed by atoms with van der Waals surface area (Å²) in [6, 6.07) is 17.2. The maximum absolute atomic E-state index is 13.3. The molecule has 1 heterocycles. The minimum atomic E-state index is -4.42. The molecular weight excluding hydrogens is 417 g/mol. The van der Waals surface area contributed by atoms with Gasteiger partial charge in [0.2, 0.25) is 0 Å². The van der Waals surface area contributed by atoms with Gasteiger partial charge in [-0.05, 0) is 54.8 Å². The van der Waals surface area contributed by atoms with Crippen molar-refractivity contribution in [3.8, 4) is 22.9 Å². The van der Waals surface area contributed by atoms with Gasteiger partial charge in [0.1, 0.15) is 5.82 Å². The molecule has 0 radical (unpaired) electrons. The molecule has 32 heavy (non-hydrogen) atoms. The fourth-order valence-corrected chi connectivity index (χ4v) is 3.84. The lowest BCUT2D eigenvalue weighted by Crippen LogP contribution is -2.06. The molecule has 7 heteroatoms. The van der Waals surface area contributed by atoms with Crippen LogP contribution in [0.25, 0.3) is 22.4 Å². The highest BCUT2D eigenvalue weighted by Gasteiger charge is 2.31. The second-order valence-corrected chi connectivity index (χ2v) is 7.54. The summed E-state index contributed by atoms with van der Waals surface area (Å²) in [5.41, 5.74) is 3.20. The number of hydrogen-bond donors (Lipinski definition) is 0. The van der Waals surface area contributed by atoms with Crippen molar-refractivity contribution in [2.45, 2.75) is 26.1 Å². The fraction of sp³-hybridized carbons (Fsp3) is 0.240. The quantitative estimate of drug-likeness (QED) is 0.354. The third-order valence-electron chi connectivity index (χ3n) is 5.53. The van der Waals surface area contributed by atoms with E-state index in [4.69, 9.17) is 9.47 Å². The minimum absolute atomic E-state index is 0.324. The normalized spacial score (nSPS) is 11.7. The Labute approximate surface area is 184 Å². The van der Waals surface area contributed by atoms with Crippen LogP contribution in [0.5, 0.6) is 11.5 Å². The SMILES string of the molecule is COc1ccc(CCn2c(-c3ccccc3C)nc3cc(C(F)(F)F)ccc32)cc1OC. The van der Waals surface area contributed by atoms with Crippen LogP contribution < -0.4 is 9.47 Å². The summed E-state index contributed by atoms with van der Waals surface area (Å²) in [7, 11) is 3.17. The molecule has 0 aliphatic rings. The molecule has 166 valence electrons. The van der Waals surface area contributed by atoms with Gasteiger partial charge in [-0.1, -0.05) is 30.3 Å². The van der Waals surface area contributed by atoms with Gasteiger partial charge in [0.15, 0.2) is 11.5 Å². The zero-order valence-corrected chi connectivity index (χ0v) is 18.0. The number of hydrogen-bond acceptors (Lipinski definition) is 3. The molecule has 0 aliphatic heterocycles.